The minimum Gasteiger partial charge on any atom is -0.380 e. The molecule has 0 spiro atoms. The number of hydrogen-bond acceptors (Lipinski definition) is 4. The van der Waals surface area contributed by atoms with E-state index in [0.29, 0.717) is 4.47 Å². The standard InChI is InChI=1S/C18H23ClN4S/c1-2-3-4-5-6-9-23-17-10-15(8-7-14(17)11-22-23)20-12-16-13-21-18(19)24-16/h7-8,10-11,13,20H,2-6,9,12H2,1H3. The van der Waals surface area contributed by atoms with E-state index < -0.39 is 0 Å². The Morgan fingerprint density at radius 2 is 2.04 bits per heavy atom. The number of aromatic nitrogens is 3. The van der Waals surface area contributed by atoms with E-state index in [1.165, 1.54) is 54.3 Å². The number of nitrogens with zero attached hydrogens (tertiary/aromatic N) is 3. The average Bonchev–Trinajstić information content (AvgIpc) is 3.19. The smallest absolute Gasteiger partial charge is 0.183 e. The lowest BCUT2D eigenvalue weighted by molar-refractivity contribution is 0.544. The molecule has 128 valence electrons. The summed E-state index contributed by atoms with van der Waals surface area (Å²) in [7, 11) is 0. The van der Waals surface area contributed by atoms with Crippen LogP contribution >= 0.6 is 22.9 Å². The number of rotatable bonds is 9. The molecule has 0 aliphatic carbocycles. The molecule has 2 aromatic heterocycles. The number of unbranched alkanes of at least 4 members (excludes halogenated alkanes) is 4. The van der Waals surface area contributed by atoms with Gasteiger partial charge >= 0.3 is 0 Å². The van der Waals surface area contributed by atoms with Crippen molar-refractivity contribution in [3.63, 3.8) is 0 Å². The SMILES string of the molecule is CCCCCCCn1ncc2ccc(NCc3cnc(Cl)s3)cc21. The van der Waals surface area contributed by atoms with Crippen LogP contribution in [0.5, 0.6) is 0 Å². The molecule has 0 atom stereocenters. The molecule has 0 fully saturated rings. The van der Waals surface area contributed by atoms with E-state index in [1.807, 2.05) is 12.4 Å². The summed E-state index contributed by atoms with van der Waals surface area (Å²) in [5, 5.41) is 9.17. The molecular weight excluding hydrogens is 340 g/mol. The van der Waals surface area contributed by atoms with Gasteiger partial charge in [-0.05, 0) is 24.6 Å². The summed E-state index contributed by atoms with van der Waals surface area (Å²) in [4.78, 5) is 5.20. The number of thiazole rings is 1. The van der Waals surface area contributed by atoms with Gasteiger partial charge in [-0.3, -0.25) is 4.68 Å². The monoisotopic (exact) mass is 362 g/mol. The Kier molecular flexibility index (Phi) is 6.10. The molecule has 1 N–H and O–H groups in total. The number of nitrogens with one attached hydrogen (secondary N) is 1. The minimum absolute atomic E-state index is 0.586. The minimum atomic E-state index is 0.586. The summed E-state index contributed by atoms with van der Waals surface area (Å²) in [6, 6.07) is 6.40. The Balaban J connectivity index is 1.62. The van der Waals surface area contributed by atoms with Crippen LogP contribution in [0.15, 0.2) is 30.6 Å². The van der Waals surface area contributed by atoms with E-state index in [1.54, 1.807) is 0 Å². The van der Waals surface area contributed by atoms with E-state index in [9.17, 15) is 0 Å². The first-order valence-electron chi connectivity index (χ1n) is 8.56. The Labute approximate surface area is 151 Å². The zero-order valence-electron chi connectivity index (χ0n) is 14.0. The predicted octanol–water partition coefficient (Wildman–Crippen LogP) is 5.73. The lowest BCUT2D eigenvalue weighted by Gasteiger charge is -2.07. The van der Waals surface area contributed by atoms with Crippen LogP contribution in [0, 0.1) is 0 Å². The van der Waals surface area contributed by atoms with Crippen LogP contribution in [-0.4, -0.2) is 14.8 Å². The van der Waals surface area contributed by atoms with Gasteiger partial charge in [-0.25, -0.2) is 4.98 Å². The molecule has 4 nitrogen and oxygen atoms in total. The number of halogens is 1. The van der Waals surface area contributed by atoms with Crippen molar-refractivity contribution in [1.82, 2.24) is 14.8 Å². The van der Waals surface area contributed by atoms with Gasteiger partial charge < -0.3 is 5.32 Å². The van der Waals surface area contributed by atoms with Crippen LogP contribution in [0.4, 0.5) is 5.69 Å². The van der Waals surface area contributed by atoms with Crippen molar-refractivity contribution in [2.24, 2.45) is 0 Å². The number of fused-ring (bicyclic) bond motifs is 1. The fraction of sp³-hybridized carbons (Fsp3) is 0.444. The molecule has 2 heterocycles. The van der Waals surface area contributed by atoms with Crippen LogP contribution in [0.3, 0.4) is 0 Å². The molecule has 0 aliphatic heterocycles. The Morgan fingerprint density at radius 1 is 1.17 bits per heavy atom. The maximum absolute atomic E-state index is 5.87. The highest BCUT2D eigenvalue weighted by atomic mass is 35.5. The molecule has 0 unspecified atom stereocenters. The van der Waals surface area contributed by atoms with E-state index in [0.717, 1.165) is 23.7 Å². The molecule has 0 radical (unpaired) electrons. The van der Waals surface area contributed by atoms with E-state index >= 15 is 0 Å². The zero-order chi connectivity index (χ0) is 16.8. The number of hydrogen-bond donors (Lipinski definition) is 1. The zero-order valence-corrected chi connectivity index (χ0v) is 15.5. The Hall–Kier alpha value is -1.59. The molecular formula is C18H23ClN4S. The normalized spacial score (nSPS) is 11.2. The largest absolute Gasteiger partial charge is 0.380 e. The van der Waals surface area contributed by atoms with Crippen LogP contribution in [-0.2, 0) is 13.1 Å². The molecule has 0 bridgehead atoms. The third kappa shape index (κ3) is 4.48. The van der Waals surface area contributed by atoms with Crippen molar-refractivity contribution in [3.05, 3.63) is 39.9 Å². The first-order valence-corrected chi connectivity index (χ1v) is 9.75. The highest BCUT2D eigenvalue weighted by molar-refractivity contribution is 7.15. The van der Waals surface area contributed by atoms with Gasteiger partial charge in [0.1, 0.15) is 0 Å². The third-order valence-corrected chi connectivity index (χ3v) is 5.23. The van der Waals surface area contributed by atoms with Gasteiger partial charge in [-0.1, -0.05) is 44.2 Å². The summed E-state index contributed by atoms with van der Waals surface area (Å²) in [5.41, 5.74) is 2.29. The number of anilines is 1. The van der Waals surface area contributed by atoms with Gasteiger partial charge in [-0.2, -0.15) is 5.10 Å². The highest BCUT2D eigenvalue weighted by Crippen LogP contribution is 2.22. The predicted molar refractivity (Wildman–Crippen MR) is 103 cm³/mol. The van der Waals surface area contributed by atoms with Gasteiger partial charge in [0.25, 0.3) is 0 Å². The molecule has 0 saturated carbocycles. The molecule has 0 saturated heterocycles. The van der Waals surface area contributed by atoms with Crippen molar-refractivity contribution in [2.45, 2.75) is 52.1 Å². The van der Waals surface area contributed by atoms with Crippen LogP contribution in [0.25, 0.3) is 10.9 Å². The van der Waals surface area contributed by atoms with Crippen molar-refractivity contribution in [3.8, 4) is 0 Å². The van der Waals surface area contributed by atoms with Crippen LogP contribution < -0.4 is 5.32 Å². The second kappa shape index (κ2) is 8.49. The second-order valence-corrected chi connectivity index (χ2v) is 7.69. The quantitative estimate of drug-likeness (QED) is 0.494. The molecule has 3 rings (SSSR count). The first-order chi connectivity index (χ1) is 11.8. The number of benzene rings is 1. The molecule has 24 heavy (non-hydrogen) atoms. The van der Waals surface area contributed by atoms with Gasteiger partial charge in [0.05, 0.1) is 18.3 Å². The van der Waals surface area contributed by atoms with Crippen LogP contribution in [0.1, 0.15) is 43.9 Å². The van der Waals surface area contributed by atoms with Gasteiger partial charge in [0.15, 0.2) is 4.47 Å². The maximum Gasteiger partial charge on any atom is 0.183 e. The molecule has 6 heteroatoms. The van der Waals surface area contributed by atoms with E-state index in [-0.39, 0.29) is 0 Å². The van der Waals surface area contributed by atoms with Crippen molar-refractivity contribution in [2.75, 3.05) is 5.32 Å². The van der Waals surface area contributed by atoms with Crippen molar-refractivity contribution in [1.29, 1.82) is 0 Å². The van der Waals surface area contributed by atoms with E-state index in [4.69, 9.17) is 11.6 Å². The number of aryl methyl sites for hydroxylation is 1. The van der Waals surface area contributed by atoms with Gasteiger partial charge in [-0.15, -0.1) is 11.3 Å². The fourth-order valence-electron chi connectivity index (χ4n) is 2.78. The van der Waals surface area contributed by atoms with Gasteiger partial charge in [0.2, 0.25) is 0 Å². The van der Waals surface area contributed by atoms with Gasteiger partial charge in [0, 0.05) is 28.7 Å². The summed E-state index contributed by atoms with van der Waals surface area (Å²) < 4.78 is 2.71. The Morgan fingerprint density at radius 3 is 2.83 bits per heavy atom. The average molecular weight is 363 g/mol. The lowest BCUT2D eigenvalue weighted by atomic mass is 10.1. The second-order valence-electron chi connectivity index (χ2n) is 5.99. The molecule has 1 aromatic carbocycles. The lowest BCUT2D eigenvalue weighted by Crippen LogP contribution is -2.01. The first kappa shape index (κ1) is 17.2. The summed E-state index contributed by atoms with van der Waals surface area (Å²) in [6.45, 7) is 3.97. The van der Waals surface area contributed by atoms with E-state index in [2.05, 4.69) is 45.2 Å². The van der Waals surface area contributed by atoms with Crippen molar-refractivity contribution >= 4 is 39.5 Å². The Bertz CT molecular complexity index is 780. The molecule has 0 amide bonds. The molecule has 0 aliphatic rings. The molecule has 3 aromatic rings. The maximum atomic E-state index is 5.87. The topological polar surface area (TPSA) is 42.7 Å². The van der Waals surface area contributed by atoms with Crippen molar-refractivity contribution < 1.29 is 0 Å². The summed E-state index contributed by atoms with van der Waals surface area (Å²) in [5.74, 6) is 0. The third-order valence-electron chi connectivity index (χ3n) is 4.11. The highest BCUT2D eigenvalue weighted by Gasteiger charge is 2.05. The fourth-order valence-corrected chi connectivity index (χ4v) is 3.70. The summed E-state index contributed by atoms with van der Waals surface area (Å²) >= 11 is 7.38. The summed E-state index contributed by atoms with van der Waals surface area (Å²) in [6.07, 6.45) is 10.2. The van der Waals surface area contributed by atoms with Crippen LogP contribution in [0.2, 0.25) is 4.47 Å².